The zero-order chi connectivity index (χ0) is 9.26. The standard InChI is InChI=1S/C10H11NO2/c1-7-4-8(6-9(12)5-7)10-11-2-3-13-10/h4-6,12H,2-3H2,1H3. The van der Waals surface area contributed by atoms with Gasteiger partial charge in [0.25, 0.3) is 0 Å². The molecule has 1 aromatic rings. The van der Waals surface area contributed by atoms with E-state index in [-0.39, 0.29) is 5.75 Å². The Morgan fingerprint density at radius 1 is 1.38 bits per heavy atom. The Kier molecular flexibility index (Phi) is 1.93. The number of ether oxygens (including phenoxy) is 1. The molecule has 0 aliphatic carbocycles. The predicted octanol–water partition coefficient (Wildman–Crippen LogP) is 1.48. The van der Waals surface area contributed by atoms with Crippen LogP contribution in [-0.4, -0.2) is 24.2 Å². The van der Waals surface area contributed by atoms with Crippen LogP contribution < -0.4 is 0 Å². The summed E-state index contributed by atoms with van der Waals surface area (Å²) in [6.07, 6.45) is 0. The maximum absolute atomic E-state index is 9.34. The first-order valence-corrected chi connectivity index (χ1v) is 4.24. The van der Waals surface area contributed by atoms with Crippen LogP contribution in [0.3, 0.4) is 0 Å². The molecule has 1 aromatic carbocycles. The van der Waals surface area contributed by atoms with Gasteiger partial charge in [-0.15, -0.1) is 0 Å². The van der Waals surface area contributed by atoms with Crippen molar-refractivity contribution in [1.82, 2.24) is 0 Å². The van der Waals surface area contributed by atoms with Crippen LogP contribution in [0.25, 0.3) is 0 Å². The van der Waals surface area contributed by atoms with Gasteiger partial charge in [-0.3, -0.25) is 0 Å². The number of phenols is 1. The first-order chi connectivity index (χ1) is 6.25. The second-order valence-corrected chi connectivity index (χ2v) is 3.09. The Morgan fingerprint density at radius 3 is 2.85 bits per heavy atom. The van der Waals surface area contributed by atoms with Crippen molar-refractivity contribution in [3.8, 4) is 5.75 Å². The lowest BCUT2D eigenvalue weighted by atomic mass is 10.1. The van der Waals surface area contributed by atoms with Gasteiger partial charge in [0, 0.05) is 5.56 Å². The van der Waals surface area contributed by atoms with Crippen molar-refractivity contribution in [3.05, 3.63) is 29.3 Å². The van der Waals surface area contributed by atoms with E-state index < -0.39 is 0 Å². The number of phenolic OH excluding ortho intramolecular Hbond substituents is 1. The van der Waals surface area contributed by atoms with Crippen molar-refractivity contribution in [2.75, 3.05) is 13.2 Å². The predicted molar refractivity (Wildman–Crippen MR) is 50.2 cm³/mol. The molecule has 1 aliphatic heterocycles. The van der Waals surface area contributed by atoms with Crippen LogP contribution in [0.1, 0.15) is 11.1 Å². The lowest BCUT2D eigenvalue weighted by Gasteiger charge is -2.03. The van der Waals surface area contributed by atoms with E-state index in [9.17, 15) is 5.11 Å². The molecule has 0 saturated carbocycles. The van der Waals surface area contributed by atoms with Gasteiger partial charge in [-0.1, -0.05) is 0 Å². The van der Waals surface area contributed by atoms with Gasteiger partial charge < -0.3 is 9.84 Å². The molecule has 0 amide bonds. The average molecular weight is 177 g/mol. The molecule has 1 aliphatic rings. The molecule has 13 heavy (non-hydrogen) atoms. The molecule has 0 saturated heterocycles. The van der Waals surface area contributed by atoms with Crippen molar-refractivity contribution in [3.63, 3.8) is 0 Å². The molecule has 1 heterocycles. The fourth-order valence-corrected chi connectivity index (χ4v) is 1.40. The van der Waals surface area contributed by atoms with Crippen LogP contribution >= 0.6 is 0 Å². The van der Waals surface area contributed by atoms with Crippen molar-refractivity contribution in [1.29, 1.82) is 0 Å². The Morgan fingerprint density at radius 2 is 2.23 bits per heavy atom. The normalized spacial score (nSPS) is 15.3. The fourth-order valence-electron chi connectivity index (χ4n) is 1.40. The number of aliphatic imine (C=N–C) groups is 1. The molecule has 3 nitrogen and oxygen atoms in total. The summed E-state index contributed by atoms with van der Waals surface area (Å²) in [5, 5.41) is 9.34. The molecular weight excluding hydrogens is 166 g/mol. The third kappa shape index (κ3) is 1.64. The highest BCUT2D eigenvalue weighted by atomic mass is 16.5. The number of hydrogen-bond donors (Lipinski definition) is 1. The summed E-state index contributed by atoms with van der Waals surface area (Å²) in [5.41, 5.74) is 1.86. The molecule has 0 spiro atoms. The van der Waals surface area contributed by atoms with Crippen LogP contribution in [-0.2, 0) is 4.74 Å². The van der Waals surface area contributed by atoms with Crippen LogP contribution in [0.2, 0.25) is 0 Å². The maximum Gasteiger partial charge on any atom is 0.216 e. The molecule has 0 fully saturated rings. The summed E-state index contributed by atoms with van der Waals surface area (Å²) in [7, 11) is 0. The largest absolute Gasteiger partial charge is 0.508 e. The Balaban J connectivity index is 2.39. The van der Waals surface area contributed by atoms with Crippen molar-refractivity contribution in [2.24, 2.45) is 4.99 Å². The monoisotopic (exact) mass is 177 g/mol. The Labute approximate surface area is 76.7 Å². The number of aromatic hydroxyl groups is 1. The molecule has 0 radical (unpaired) electrons. The van der Waals surface area contributed by atoms with Gasteiger partial charge in [-0.05, 0) is 30.7 Å². The molecule has 0 aromatic heterocycles. The summed E-state index contributed by atoms with van der Waals surface area (Å²) < 4.78 is 5.29. The van der Waals surface area contributed by atoms with E-state index in [1.165, 1.54) is 0 Å². The van der Waals surface area contributed by atoms with Gasteiger partial charge in [0.1, 0.15) is 12.4 Å². The van der Waals surface area contributed by atoms with Crippen molar-refractivity contribution < 1.29 is 9.84 Å². The maximum atomic E-state index is 9.34. The summed E-state index contributed by atoms with van der Waals surface area (Å²) in [5.74, 6) is 0.896. The van der Waals surface area contributed by atoms with E-state index in [2.05, 4.69) is 4.99 Å². The Hall–Kier alpha value is -1.51. The summed E-state index contributed by atoms with van der Waals surface area (Å²) in [4.78, 5) is 4.17. The van der Waals surface area contributed by atoms with E-state index >= 15 is 0 Å². The quantitative estimate of drug-likeness (QED) is 0.705. The Bertz CT molecular complexity index is 338. The van der Waals surface area contributed by atoms with E-state index in [4.69, 9.17) is 4.74 Å². The molecule has 3 heteroatoms. The zero-order valence-corrected chi connectivity index (χ0v) is 7.45. The molecule has 0 unspecified atom stereocenters. The molecule has 68 valence electrons. The SMILES string of the molecule is Cc1cc(O)cc(C2=NCCO2)c1. The lowest BCUT2D eigenvalue weighted by molar-refractivity contribution is 0.348. The molecule has 2 rings (SSSR count). The van der Waals surface area contributed by atoms with E-state index in [0.717, 1.165) is 11.1 Å². The summed E-state index contributed by atoms with van der Waals surface area (Å²) in [6.45, 7) is 3.28. The molecule has 1 N–H and O–H groups in total. The van der Waals surface area contributed by atoms with E-state index in [1.807, 2.05) is 13.0 Å². The topological polar surface area (TPSA) is 41.8 Å². The second-order valence-electron chi connectivity index (χ2n) is 3.09. The van der Waals surface area contributed by atoms with Gasteiger partial charge in [0.15, 0.2) is 0 Å². The minimum Gasteiger partial charge on any atom is -0.508 e. The van der Waals surface area contributed by atoms with Crippen LogP contribution in [0.15, 0.2) is 23.2 Å². The van der Waals surface area contributed by atoms with Crippen LogP contribution in [0.5, 0.6) is 5.75 Å². The van der Waals surface area contributed by atoms with Gasteiger partial charge >= 0.3 is 0 Å². The first-order valence-electron chi connectivity index (χ1n) is 4.24. The highest BCUT2D eigenvalue weighted by Gasteiger charge is 2.10. The van der Waals surface area contributed by atoms with Crippen LogP contribution in [0, 0.1) is 6.92 Å². The molecule has 0 bridgehead atoms. The molecular formula is C10H11NO2. The number of nitrogens with zero attached hydrogens (tertiary/aromatic N) is 1. The van der Waals surface area contributed by atoms with Crippen LogP contribution in [0.4, 0.5) is 0 Å². The summed E-state index contributed by atoms with van der Waals surface area (Å²) in [6, 6.07) is 5.32. The highest BCUT2D eigenvalue weighted by molar-refractivity contribution is 5.95. The van der Waals surface area contributed by atoms with E-state index in [1.54, 1.807) is 12.1 Å². The third-order valence-electron chi connectivity index (χ3n) is 1.89. The van der Waals surface area contributed by atoms with E-state index in [0.29, 0.717) is 19.0 Å². The second kappa shape index (κ2) is 3.09. The minimum absolute atomic E-state index is 0.258. The average Bonchev–Trinajstić information content (AvgIpc) is 2.53. The zero-order valence-electron chi connectivity index (χ0n) is 7.45. The first kappa shape index (κ1) is 8.10. The number of rotatable bonds is 1. The van der Waals surface area contributed by atoms with Gasteiger partial charge in [0.2, 0.25) is 5.90 Å². The highest BCUT2D eigenvalue weighted by Crippen LogP contribution is 2.17. The fraction of sp³-hybridized carbons (Fsp3) is 0.300. The van der Waals surface area contributed by atoms with Gasteiger partial charge in [-0.25, -0.2) is 4.99 Å². The van der Waals surface area contributed by atoms with Crippen molar-refractivity contribution >= 4 is 5.90 Å². The third-order valence-corrected chi connectivity index (χ3v) is 1.89. The number of hydrogen-bond acceptors (Lipinski definition) is 3. The lowest BCUT2D eigenvalue weighted by Crippen LogP contribution is -2.00. The minimum atomic E-state index is 0.258. The number of benzene rings is 1. The summed E-state index contributed by atoms with van der Waals surface area (Å²) >= 11 is 0. The smallest absolute Gasteiger partial charge is 0.216 e. The number of aryl methyl sites for hydroxylation is 1. The van der Waals surface area contributed by atoms with Gasteiger partial charge in [-0.2, -0.15) is 0 Å². The van der Waals surface area contributed by atoms with Gasteiger partial charge in [0.05, 0.1) is 6.54 Å². The van der Waals surface area contributed by atoms with Crippen molar-refractivity contribution in [2.45, 2.75) is 6.92 Å². The molecule has 0 atom stereocenters.